The van der Waals surface area contributed by atoms with Gasteiger partial charge >= 0.3 is 14.0 Å². The zero-order valence-electron chi connectivity index (χ0n) is 7.99. The zero-order chi connectivity index (χ0) is 9.71. The molecule has 0 unspecified atom stereocenters. The van der Waals surface area contributed by atoms with Crippen LogP contribution in [-0.4, -0.2) is 19.1 Å². The third-order valence-electron chi connectivity index (χ3n) is 2.99. The van der Waals surface area contributed by atoms with Crippen molar-refractivity contribution in [3.63, 3.8) is 0 Å². The topological polar surface area (TPSA) is 38.7 Å². The fourth-order valence-electron chi connectivity index (χ4n) is 2.15. The lowest BCUT2D eigenvalue weighted by Crippen LogP contribution is -2.32. The first-order valence-electron chi connectivity index (χ1n) is 4.82. The van der Waals surface area contributed by atoms with Gasteiger partial charge in [0.1, 0.15) is 0 Å². The van der Waals surface area contributed by atoms with E-state index in [0.717, 1.165) is 11.0 Å². The molecule has 0 saturated carbocycles. The smallest absolute Gasteiger partial charge is 0.427 e. The van der Waals surface area contributed by atoms with Gasteiger partial charge < -0.3 is 14.3 Å². The van der Waals surface area contributed by atoms with Gasteiger partial charge in [0.25, 0.3) is 0 Å². The minimum absolute atomic E-state index is 0.174. The van der Waals surface area contributed by atoms with Crippen LogP contribution in [0.2, 0.25) is 6.82 Å². The Bertz CT molecular complexity index is 356. The summed E-state index contributed by atoms with van der Waals surface area (Å²) in [6, 6.07) is 4.10. The number of fused-ring (bicyclic) bond motifs is 2. The predicted octanol–water partition coefficient (Wildman–Crippen LogP) is -0.737. The molecule has 14 heavy (non-hydrogen) atoms. The van der Waals surface area contributed by atoms with Gasteiger partial charge in [0, 0.05) is 0 Å². The highest BCUT2D eigenvalue weighted by atomic mass is 16.5. The van der Waals surface area contributed by atoms with Gasteiger partial charge in [-0.25, -0.2) is 0 Å². The maximum absolute atomic E-state index is 9.52. The van der Waals surface area contributed by atoms with E-state index in [2.05, 4.69) is 6.07 Å². The van der Waals surface area contributed by atoms with Crippen molar-refractivity contribution in [2.75, 3.05) is 0 Å². The first-order chi connectivity index (χ1) is 6.75. The molecule has 3 rings (SSSR count). The number of hydrogen-bond donors (Lipinski definition) is 1. The molecular formula is C9H10B2O3. The Morgan fingerprint density at radius 2 is 1.79 bits per heavy atom. The molecule has 1 aromatic carbocycles. The van der Waals surface area contributed by atoms with E-state index in [1.807, 2.05) is 12.9 Å². The Hall–Kier alpha value is -0.770. The summed E-state index contributed by atoms with van der Waals surface area (Å²) in [6.07, 6.45) is 0. The van der Waals surface area contributed by atoms with Crippen LogP contribution in [0.1, 0.15) is 11.1 Å². The van der Waals surface area contributed by atoms with Crippen molar-refractivity contribution in [1.29, 1.82) is 0 Å². The summed E-state index contributed by atoms with van der Waals surface area (Å²) in [5.74, 6) is 0. The zero-order valence-corrected chi connectivity index (χ0v) is 7.99. The molecule has 0 spiro atoms. The summed E-state index contributed by atoms with van der Waals surface area (Å²) in [5, 5.41) is 9.52. The summed E-state index contributed by atoms with van der Waals surface area (Å²) >= 11 is 0. The molecule has 0 amide bonds. The minimum atomic E-state index is -0.744. The average Bonchev–Trinajstić information content (AvgIpc) is 2.71. The molecular weight excluding hydrogens is 178 g/mol. The summed E-state index contributed by atoms with van der Waals surface area (Å²) in [6.45, 7) is 3.38. The molecule has 2 heterocycles. The Morgan fingerprint density at radius 3 is 2.64 bits per heavy atom. The van der Waals surface area contributed by atoms with Crippen molar-refractivity contribution >= 4 is 25.0 Å². The van der Waals surface area contributed by atoms with Crippen LogP contribution in [0.4, 0.5) is 0 Å². The van der Waals surface area contributed by atoms with Gasteiger partial charge in [-0.05, 0) is 22.1 Å². The number of rotatable bonds is 0. The molecule has 0 fully saturated rings. The molecule has 0 atom stereocenters. The number of hydrogen-bond acceptors (Lipinski definition) is 3. The Labute approximate surface area is 83.3 Å². The lowest BCUT2D eigenvalue weighted by atomic mass is 9.62. The maximum Gasteiger partial charge on any atom is 0.491 e. The summed E-state index contributed by atoms with van der Waals surface area (Å²) in [4.78, 5) is 0. The first kappa shape index (κ1) is 8.53. The summed E-state index contributed by atoms with van der Waals surface area (Å²) < 4.78 is 10.7. The van der Waals surface area contributed by atoms with Gasteiger partial charge in [-0.2, -0.15) is 0 Å². The van der Waals surface area contributed by atoms with Gasteiger partial charge in [-0.15, -0.1) is 0 Å². The largest absolute Gasteiger partial charge is 0.491 e. The highest BCUT2D eigenvalue weighted by Gasteiger charge is 2.32. The highest BCUT2D eigenvalue weighted by molar-refractivity contribution is 6.68. The second-order valence-electron chi connectivity index (χ2n) is 3.87. The van der Waals surface area contributed by atoms with Gasteiger partial charge in [0.2, 0.25) is 0 Å². The van der Waals surface area contributed by atoms with Crippen LogP contribution < -0.4 is 10.9 Å². The lowest BCUT2D eigenvalue weighted by molar-refractivity contribution is 0.275. The maximum atomic E-state index is 9.52. The van der Waals surface area contributed by atoms with E-state index < -0.39 is 7.12 Å². The molecule has 3 nitrogen and oxygen atoms in total. The van der Waals surface area contributed by atoms with Crippen molar-refractivity contribution in [3.8, 4) is 0 Å². The Balaban J connectivity index is 2.15. The van der Waals surface area contributed by atoms with Crippen molar-refractivity contribution in [1.82, 2.24) is 0 Å². The van der Waals surface area contributed by atoms with E-state index in [0.29, 0.717) is 13.2 Å². The van der Waals surface area contributed by atoms with Crippen LogP contribution in [0, 0.1) is 0 Å². The van der Waals surface area contributed by atoms with Crippen LogP contribution >= 0.6 is 0 Å². The van der Waals surface area contributed by atoms with E-state index in [4.69, 9.17) is 9.31 Å². The van der Waals surface area contributed by atoms with E-state index in [1.165, 1.54) is 11.0 Å². The summed E-state index contributed by atoms with van der Waals surface area (Å²) in [5.41, 5.74) is 4.41. The van der Waals surface area contributed by atoms with Gasteiger partial charge in [-0.1, -0.05) is 19.0 Å². The molecule has 0 bridgehead atoms. The fraction of sp³-hybridized carbons (Fsp3) is 0.333. The Morgan fingerprint density at radius 1 is 1.14 bits per heavy atom. The van der Waals surface area contributed by atoms with Crippen molar-refractivity contribution in [2.24, 2.45) is 0 Å². The third-order valence-corrected chi connectivity index (χ3v) is 2.99. The van der Waals surface area contributed by atoms with Gasteiger partial charge in [0.15, 0.2) is 0 Å². The van der Waals surface area contributed by atoms with Crippen LogP contribution in [0.15, 0.2) is 12.1 Å². The van der Waals surface area contributed by atoms with Gasteiger partial charge in [-0.3, -0.25) is 0 Å². The highest BCUT2D eigenvalue weighted by Crippen LogP contribution is 2.15. The lowest BCUT2D eigenvalue weighted by Gasteiger charge is -2.03. The second kappa shape index (κ2) is 2.86. The quantitative estimate of drug-likeness (QED) is 0.545. The monoisotopic (exact) mass is 188 g/mol. The second-order valence-corrected chi connectivity index (χ2v) is 3.87. The molecule has 0 aliphatic carbocycles. The van der Waals surface area contributed by atoms with Crippen LogP contribution in [0.25, 0.3) is 0 Å². The van der Waals surface area contributed by atoms with Crippen LogP contribution in [0.5, 0.6) is 0 Å². The normalized spacial score (nSPS) is 18.7. The van der Waals surface area contributed by atoms with E-state index in [9.17, 15) is 5.02 Å². The first-order valence-corrected chi connectivity index (χ1v) is 4.82. The van der Waals surface area contributed by atoms with Crippen LogP contribution in [-0.2, 0) is 22.5 Å². The molecule has 1 aromatic rings. The molecule has 0 saturated heterocycles. The molecule has 70 valence electrons. The third kappa shape index (κ3) is 1.06. The average molecular weight is 188 g/mol. The predicted molar refractivity (Wildman–Crippen MR) is 54.9 cm³/mol. The van der Waals surface area contributed by atoms with E-state index >= 15 is 0 Å². The van der Waals surface area contributed by atoms with Crippen molar-refractivity contribution < 1.29 is 14.3 Å². The molecule has 5 heteroatoms. The summed E-state index contributed by atoms with van der Waals surface area (Å²) in [7, 11) is -0.744. The molecule has 2 aliphatic rings. The van der Waals surface area contributed by atoms with Crippen molar-refractivity contribution in [2.45, 2.75) is 20.0 Å². The standard InChI is InChI=1S/C9H10B2O3/c1-10-8-2-7-5-14-11(12)9(7)3-6(8)4-13-10/h2-3,12H,4-5H2,1H3. The SMILES string of the molecule is CB1OCc2cc3c(cc21)COB3O. The molecule has 0 aromatic heterocycles. The fourth-order valence-corrected chi connectivity index (χ4v) is 2.15. The molecule has 0 radical (unpaired) electrons. The molecule has 2 aliphatic heterocycles. The van der Waals surface area contributed by atoms with Gasteiger partial charge in [0.05, 0.1) is 13.2 Å². The van der Waals surface area contributed by atoms with Crippen molar-refractivity contribution in [3.05, 3.63) is 23.3 Å². The molecule has 1 N–H and O–H groups in total. The van der Waals surface area contributed by atoms with Crippen LogP contribution in [0.3, 0.4) is 0 Å². The number of benzene rings is 1. The minimum Gasteiger partial charge on any atom is -0.427 e. The van der Waals surface area contributed by atoms with E-state index in [-0.39, 0.29) is 6.92 Å². The van der Waals surface area contributed by atoms with E-state index in [1.54, 1.807) is 0 Å². The Kier molecular flexibility index (Phi) is 1.74.